The van der Waals surface area contributed by atoms with Gasteiger partial charge in [0.15, 0.2) is 0 Å². The van der Waals surface area contributed by atoms with Crippen LogP contribution in [0.5, 0.6) is 0 Å². The fourth-order valence-corrected chi connectivity index (χ4v) is 4.01. The summed E-state index contributed by atoms with van der Waals surface area (Å²) in [5.41, 5.74) is 0.459. The van der Waals surface area contributed by atoms with E-state index in [4.69, 9.17) is 0 Å². The normalized spacial score (nSPS) is 27.8. The second-order valence-corrected chi connectivity index (χ2v) is 6.90. The molecular formula is C17H19FN4O3. The molecule has 1 aromatic rings. The Balaban J connectivity index is 1.45. The lowest BCUT2D eigenvalue weighted by Crippen LogP contribution is -2.51. The Bertz CT molecular complexity index is 783. The molecule has 1 spiro atoms. The summed E-state index contributed by atoms with van der Waals surface area (Å²) in [6, 6.07) is 3.94. The van der Waals surface area contributed by atoms with E-state index in [-0.39, 0.29) is 30.3 Å². The van der Waals surface area contributed by atoms with Gasteiger partial charge in [-0.15, -0.1) is 0 Å². The van der Waals surface area contributed by atoms with Crippen molar-refractivity contribution < 1.29 is 18.8 Å². The fourth-order valence-electron chi connectivity index (χ4n) is 4.01. The number of benzene rings is 1. The van der Waals surface area contributed by atoms with Crippen LogP contribution in [-0.4, -0.2) is 53.4 Å². The van der Waals surface area contributed by atoms with Crippen LogP contribution in [0.25, 0.3) is 0 Å². The number of likely N-dealkylation sites (N-methyl/N-ethyl adjacent to an activating group) is 1. The molecule has 2 atom stereocenters. The van der Waals surface area contributed by atoms with Gasteiger partial charge >= 0.3 is 12.1 Å². The van der Waals surface area contributed by atoms with Crippen molar-refractivity contribution in [1.82, 2.24) is 20.4 Å². The van der Waals surface area contributed by atoms with Crippen molar-refractivity contribution in [3.8, 4) is 0 Å². The predicted molar refractivity (Wildman–Crippen MR) is 86.2 cm³/mol. The first-order valence-electron chi connectivity index (χ1n) is 8.34. The van der Waals surface area contributed by atoms with E-state index in [1.165, 1.54) is 18.0 Å². The first-order valence-corrected chi connectivity index (χ1v) is 8.34. The van der Waals surface area contributed by atoms with E-state index < -0.39 is 11.6 Å². The van der Waals surface area contributed by atoms with E-state index in [9.17, 15) is 18.8 Å². The van der Waals surface area contributed by atoms with Gasteiger partial charge in [-0.1, -0.05) is 12.1 Å². The highest BCUT2D eigenvalue weighted by atomic mass is 19.1. The molecule has 0 radical (unpaired) electrons. The van der Waals surface area contributed by atoms with Crippen LogP contribution >= 0.6 is 0 Å². The maximum absolute atomic E-state index is 13.8. The molecule has 2 N–H and O–H groups in total. The number of nitrogens with one attached hydrogen (secondary N) is 2. The third-order valence-electron chi connectivity index (χ3n) is 5.43. The van der Waals surface area contributed by atoms with Crippen LogP contribution in [0.15, 0.2) is 18.2 Å². The van der Waals surface area contributed by atoms with E-state index in [2.05, 4.69) is 10.6 Å². The summed E-state index contributed by atoms with van der Waals surface area (Å²) >= 11 is 0. The highest BCUT2D eigenvalue weighted by molar-refractivity contribution is 6.07. The second kappa shape index (κ2) is 5.44. The molecule has 8 heteroatoms. The van der Waals surface area contributed by atoms with E-state index in [1.54, 1.807) is 6.07 Å². The van der Waals surface area contributed by atoms with Crippen LogP contribution in [-0.2, 0) is 11.2 Å². The maximum atomic E-state index is 13.8. The van der Waals surface area contributed by atoms with E-state index >= 15 is 0 Å². The third kappa shape index (κ3) is 2.35. The lowest BCUT2D eigenvalue weighted by atomic mass is 9.99. The molecule has 2 unspecified atom stereocenters. The van der Waals surface area contributed by atoms with Gasteiger partial charge in [-0.05, 0) is 36.5 Å². The van der Waals surface area contributed by atoms with Crippen molar-refractivity contribution in [2.24, 2.45) is 0 Å². The minimum atomic E-state index is -1.01. The molecule has 25 heavy (non-hydrogen) atoms. The monoisotopic (exact) mass is 346 g/mol. The summed E-state index contributed by atoms with van der Waals surface area (Å²) in [5, 5.41) is 5.63. The summed E-state index contributed by atoms with van der Waals surface area (Å²) in [6.07, 6.45) is 1.64. The Morgan fingerprint density at radius 3 is 2.92 bits per heavy atom. The van der Waals surface area contributed by atoms with Crippen LogP contribution in [0.4, 0.5) is 14.0 Å². The molecule has 0 saturated carbocycles. The smallest absolute Gasteiger partial charge is 0.324 e. The number of likely N-dealkylation sites (tertiary alicyclic amines) is 1. The lowest BCUT2D eigenvalue weighted by Gasteiger charge is -2.23. The number of halogens is 1. The Hall–Kier alpha value is -2.64. The first-order chi connectivity index (χ1) is 11.9. The molecule has 2 fully saturated rings. The molecule has 2 saturated heterocycles. The minimum Gasteiger partial charge on any atom is -0.331 e. The molecule has 132 valence electrons. The number of imide groups is 1. The summed E-state index contributed by atoms with van der Waals surface area (Å²) in [5.74, 6) is -0.544. The summed E-state index contributed by atoms with van der Waals surface area (Å²) in [4.78, 5) is 39.2. The number of carbonyl (C=O) groups excluding carboxylic acids is 3. The molecule has 7 nitrogen and oxygen atoms in total. The minimum absolute atomic E-state index is 0.149. The van der Waals surface area contributed by atoms with Gasteiger partial charge in [0.1, 0.15) is 11.4 Å². The maximum Gasteiger partial charge on any atom is 0.324 e. The quantitative estimate of drug-likeness (QED) is 0.749. The van der Waals surface area contributed by atoms with Crippen molar-refractivity contribution in [2.75, 3.05) is 20.1 Å². The van der Waals surface area contributed by atoms with E-state index in [1.807, 2.05) is 6.07 Å². The number of nitrogens with zero attached hydrogens (tertiary/aromatic N) is 2. The van der Waals surface area contributed by atoms with E-state index in [0.29, 0.717) is 31.4 Å². The number of rotatable bonds is 1. The van der Waals surface area contributed by atoms with Gasteiger partial charge in [-0.3, -0.25) is 9.69 Å². The highest BCUT2D eigenvalue weighted by Gasteiger charge is 2.54. The van der Waals surface area contributed by atoms with Crippen LogP contribution in [0.2, 0.25) is 0 Å². The molecule has 5 amide bonds. The number of hydrogen-bond acceptors (Lipinski definition) is 3. The van der Waals surface area contributed by atoms with Gasteiger partial charge in [0.2, 0.25) is 0 Å². The molecule has 3 aliphatic rings. The molecule has 4 rings (SSSR count). The average Bonchev–Trinajstić information content (AvgIpc) is 3.24. The third-order valence-corrected chi connectivity index (χ3v) is 5.43. The molecule has 2 aliphatic heterocycles. The van der Waals surface area contributed by atoms with Crippen molar-refractivity contribution >= 4 is 18.0 Å². The zero-order valence-electron chi connectivity index (χ0n) is 13.8. The topological polar surface area (TPSA) is 81.8 Å². The highest BCUT2D eigenvalue weighted by Crippen LogP contribution is 2.33. The van der Waals surface area contributed by atoms with Gasteiger partial charge in [0.25, 0.3) is 5.91 Å². The number of amides is 5. The van der Waals surface area contributed by atoms with Gasteiger partial charge < -0.3 is 15.5 Å². The molecule has 0 aromatic heterocycles. The van der Waals surface area contributed by atoms with Gasteiger partial charge in [0, 0.05) is 13.6 Å². The average molecular weight is 346 g/mol. The van der Waals surface area contributed by atoms with Crippen molar-refractivity contribution in [2.45, 2.75) is 30.8 Å². The Kier molecular flexibility index (Phi) is 3.45. The fraction of sp³-hybridized carbons (Fsp3) is 0.471. The summed E-state index contributed by atoms with van der Waals surface area (Å²) < 4.78 is 13.8. The summed E-state index contributed by atoms with van der Waals surface area (Å²) in [6.45, 7) is 0.533. The number of urea groups is 2. The Morgan fingerprint density at radius 1 is 1.40 bits per heavy atom. The van der Waals surface area contributed by atoms with Gasteiger partial charge in [-0.25, -0.2) is 14.0 Å². The van der Waals surface area contributed by atoms with Crippen LogP contribution in [0, 0.1) is 5.82 Å². The second-order valence-electron chi connectivity index (χ2n) is 6.90. The van der Waals surface area contributed by atoms with Crippen molar-refractivity contribution in [3.05, 3.63) is 35.1 Å². The van der Waals surface area contributed by atoms with E-state index in [0.717, 1.165) is 10.5 Å². The number of hydrogen-bond donors (Lipinski definition) is 2. The molecule has 0 bridgehead atoms. The molecule has 1 aliphatic carbocycles. The van der Waals surface area contributed by atoms with Crippen molar-refractivity contribution in [1.29, 1.82) is 0 Å². The first kappa shape index (κ1) is 15.9. The van der Waals surface area contributed by atoms with Gasteiger partial charge in [0.05, 0.1) is 12.6 Å². The standard InChI is InChI=1S/C17H19FN4O3/c1-21-14(23)17(20-16(21)25)7-8-22(9-17)15(24)19-13-6-5-10-11(13)3-2-4-12(10)18/h2-4,13H,5-9H2,1H3,(H,19,24)(H,20,25). The zero-order chi connectivity index (χ0) is 17.8. The van der Waals surface area contributed by atoms with Gasteiger partial charge in [-0.2, -0.15) is 0 Å². The van der Waals surface area contributed by atoms with Crippen LogP contribution < -0.4 is 10.6 Å². The number of carbonyl (C=O) groups is 3. The molecule has 1 aromatic carbocycles. The number of fused-ring (bicyclic) bond motifs is 1. The largest absolute Gasteiger partial charge is 0.331 e. The Labute approximate surface area is 144 Å². The lowest BCUT2D eigenvalue weighted by molar-refractivity contribution is -0.129. The van der Waals surface area contributed by atoms with Crippen LogP contribution in [0.3, 0.4) is 0 Å². The van der Waals surface area contributed by atoms with Crippen molar-refractivity contribution in [3.63, 3.8) is 0 Å². The molecule has 2 heterocycles. The Morgan fingerprint density at radius 2 is 2.20 bits per heavy atom. The predicted octanol–water partition coefficient (Wildman–Crippen LogP) is 1.15. The summed E-state index contributed by atoms with van der Waals surface area (Å²) in [7, 11) is 1.43. The van der Waals surface area contributed by atoms with Crippen LogP contribution in [0.1, 0.15) is 30.0 Å². The zero-order valence-corrected chi connectivity index (χ0v) is 13.8. The molecular weight excluding hydrogens is 327 g/mol. The SMILES string of the molecule is CN1C(=O)NC2(CCN(C(=O)NC3CCc4c(F)cccc43)C2)C1=O.